The molecule has 1 aliphatic rings. The van der Waals surface area contributed by atoms with E-state index in [-0.39, 0.29) is 11.9 Å². The van der Waals surface area contributed by atoms with Gasteiger partial charge >= 0.3 is 0 Å². The van der Waals surface area contributed by atoms with Gasteiger partial charge in [0.25, 0.3) is 5.91 Å². The number of nitrogens with zero attached hydrogens (tertiary/aromatic N) is 2. The van der Waals surface area contributed by atoms with Gasteiger partial charge in [-0.15, -0.1) is 0 Å². The van der Waals surface area contributed by atoms with E-state index < -0.39 is 0 Å². The summed E-state index contributed by atoms with van der Waals surface area (Å²) in [5.41, 5.74) is 4.66. The van der Waals surface area contributed by atoms with Gasteiger partial charge in [-0.05, 0) is 17.5 Å². The smallest absolute Gasteiger partial charge is 0.255 e. The summed E-state index contributed by atoms with van der Waals surface area (Å²) in [6.45, 7) is 4.92. The maximum Gasteiger partial charge on any atom is 0.255 e. The summed E-state index contributed by atoms with van der Waals surface area (Å²) in [4.78, 5) is 20.0. The number of para-hydroxylation sites is 2. The van der Waals surface area contributed by atoms with Crippen molar-refractivity contribution in [2.75, 3.05) is 25.6 Å². The lowest BCUT2D eigenvalue weighted by molar-refractivity contribution is 0.0925. The molecule has 2 aromatic carbocycles. The second-order valence-corrected chi connectivity index (χ2v) is 8.01. The van der Waals surface area contributed by atoms with Crippen molar-refractivity contribution in [3.8, 4) is 5.75 Å². The second-order valence-electron chi connectivity index (χ2n) is 8.01. The maximum absolute atomic E-state index is 13.3. The molecule has 1 atom stereocenters. The number of aromatic nitrogens is 1. The molecule has 0 saturated heterocycles. The molecule has 29 heavy (non-hydrogen) atoms. The van der Waals surface area contributed by atoms with Gasteiger partial charge in [-0.1, -0.05) is 50.2 Å². The Labute approximate surface area is 171 Å². The second kappa shape index (κ2) is 7.74. The minimum Gasteiger partial charge on any atom is -0.493 e. The molecular formula is C24H27N3O2. The number of pyridine rings is 1. The third kappa shape index (κ3) is 3.53. The summed E-state index contributed by atoms with van der Waals surface area (Å²) in [6.07, 6.45) is 2.46. The quantitative estimate of drug-likeness (QED) is 0.704. The van der Waals surface area contributed by atoms with E-state index in [9.17, 15) is 4.79 Å². The molecule has 5 nitrogen and oxygen atoms in total. The molecule has 1 N–H and O–H groups in total. The summed E-state index contributed by atoms with van der Waals surface area (Å²) in [6, 6.07) is 14.0. The fourth-order valence-corrected chi connectivity index (χ4v) is 4.07. The predicted molar refractivity (Wildman–Crippen MR) is 117 cm³/mol. The van der Waals surface area contributed by atoms with Crippen LogP contribution in [0.2, 0.25) is 0 Å². The fraction of sp³-hybridized carbons (Fsp3) is 0.333. The van der Waals surface area contributed by atoms with E-state index in [4.69, 9.17) is 9.72 Å². The first kappa shape index (κ1) is 19.2. The van der Waals surface area contributed by atoms with Crippen molar-refractivity contribution in [1.29, 1.82) is 0 Å². The monoisotopic (exact) mass is 389 g/mol. The molecule has 150 valence electrons. The normalized spacial score (nSPS) is 15.7. The molecule has 1 aromatic heterocycles. The number of nitrogens with one attached hydrogen (secondary N) is 1. The SMILES string of the molecule is CC(C)c1cccc2c(N(C)C)c(C(=O)N[C@H]3CCOc4ccccc43)cnc12. The number of carbonyl (C=O) groups excluding carboxylic acids is 1. The summed E-state index contributed by atoms with van der Waals surface area (Å²) in [5, 5.41) is 4.20. The van der Waals surface area contributed by atoms with E-state index in [0.29, 0.717) is 18.1 Å². The van der Waals surface area contributed by atoms with Crippen molar-refractivity contribution in [2.24, 2.45) is 0 Å². The number of hydrogen-bond acceptors (Lipinski definition) is 4. The summed E-state index contributed by atoms with van der Waals surface area (Å²) >= 11 is 0. The Morgan fingerprint density at radius 3 is 2.72 bits per heavy atom. The van der Waals surface area contributed by atoms with Crippen LogP contribution in [0, 0.1) is 0 Å². The lowest BCUT2D eigenvalue weighted by Gasteiger charge is -2.27. The molecule has 2 heterocycles. The summed E-state index contributed by atoms with van der Waals surface area (Å²) < 4.78 is 5.72. The molecule has 4 rings (SSSR count). The topological polar surface area (TPSA) is 54.5 Å². The van der Waals surface area contributed by atoms with Gasteiger partial charge in [-0.25, -0.2) is 0 Å². The Balaban J connectivity index is 1.74. The molecule has 3 aromatic rings. The van der Waals surface area contributed by atoms with Gasteiger partial charge in [0, 0.05) is 37.7 Å². The lowest BCUT2D eigenvalue weighted by atomic mass is 9.97. The van der Waals surface area contributed by atoms with E-state index in [2.05, 4.69) is 25.2 Å². The number of rotatable bonds is 4. The Bertz CT molecular complexity index is 1060. The number of fused-ring (bicyclic) bond motifs is 2. The van der Waals surface area contributed by atoms with Crippen LogP contribution in [-0.2, 0) is 0 Å². The number of benzene rings is 2. The van der Waals surface area contributed by atoms with Crippen LogP contribution in [0.15, 0.2) is 48.7 Å². The van der Waals surface area contributed by atoms with Crippen molar-refractivity contribution in [1.82, 2.24) is 10.3 Å². The average Bonchev–Trinajstić information content (AvgIpc) is 2.72. The molecular weight excluding hydrogens is 362 g/mol. The molecule has 0 bridgehead atoms. The Hall–Kier alpha value is -3.08. The molecule has 1 aliphatic heterocycles. The van der Waals surface area contributed by atoms with E-state index in [0.717, 1.165) is 34.3 Å². The highest BCUT2D eigenvalue weighted by Crippen LogP contribution is 2.35. The molecule has 1 amide bonds. The van der Waals surface area contributed by atoms with Gasteiger partial charge in [-0.3, -0.25) is 9.78 Å². The molecule has 5 heteroatoms. The molecule has 0 saturated carbocycles. The minimum absolute atomic E-state index is 0.0693. The number of amides is 1. The zero-order chi connectivity index (χ0) is 20.5. The van der Waals surface area contributed by atoms with Crippen LogP contribution in [0.4, 0.5) is 5.69 Å². The van der Waals surface area contributed by atoms with Crippen molar-refractivity contribution in [2.45, 2.75) is 32.2 Å². The Morgan fingerprint density at radius 1 is 1.17 bits per heavy atom. The first-order chi connectivity index (χ1) is 14.0. The van der Waals surface area contributed by atoms with Gasteiger partial charge < -0.3 is 15.0 Å². The predicted octanol–water partition coefficient (Wildman–Crippen LogP) is 4.68. The minimum atomic E-state index is -0.111. The summed E-state index contributed by atoms with van der Waals surface area (Å²) in [5.74, 6) is 1.09. The van der Waals surface area contributed by atoms with E-state index in [1.807, 2.05) is 55.4 Å². The van der Waals surface area contributed by atoms with Crippen LogP contribution in [0.3, 0.4) is 0 Å². The van der Waals surface area contributed by atoms with E-state index in [1.54, 1.807) is 6.20 Å². The third-order valence-corrected chi connectivity index (χ3v) is 5.48. The number of ether oxygens (including phenoxy) is 1. The zero-order valence-corrected chi connectivity index (χ0v) is 17.4. The van der Waals surface area contributed by atoms with Crippen LogP contribution in [-0.4, -0.2) is 31.6 Å². The fourth-order valence-electron chi connectivity index (χ4n) is 4.07. The van der Waals surface area contributed by atoms with Gasteiger partial charge in [-0.2, -0.15) is 0 Å². The zero-order valence-electron chi connectivity index (χ0n) is 17.4. The number of carbonyl (C=O) groups is 1. The van der Waals surface area contributed by atoms with Crippen molar-refractivity contribution in [3.63, 3.8) is 0 Å². The van der Waals surface area contributed by atoms with Crippen LogP contribution < -0.4 is 15.0 Å². The van der Waals surface area contributed by atoms with Crippen LogP contribution in [0.25, 0.3) is 10.9 Å². The largest absolute Gasteiger partial charge is 0.493 e. The van der Waals surface area contributed by atoms with Crippen LogP contribution >= 0.6 is 0 Å². The first-order valence-electron chi connectivity index (χ1n) is 10.1. The average molecular weight is 389 g/mol. The van der Waals surface area contributed by atoms with Gasteiger partial charge in [0.05, 0.1) is 29.4 Å². The molecule has 0 unspecified atom stereocenters. The Morgan fingerprint density at radius 2 is 1.97 bits per heavy atom. The van der Waals surface area contributed by atoms with E-state index in [1.165, 1.54) is 5.56 Å². The van der Waals surface area contributed by atoms with E-state index >= 15 is 0 Å². The van der Waals surface area contributed by atoms with Crippen molar-refractivity contribution in [3.05, 3.63) is 65.4 Å². The maximum atomic E-state index is 13.3. The standard InChI is InChI=1S/C24H27N3O2/c1-15(2)16-9-7-10-18-22(16)25-14-19(23(18)27(3)4)24(28)26-20-12-13-29-21-11-6-5-8-17(20)21/h5-11,14-15,20H,12-13H2,1-4H3,(H,26,28)/t20-/m0/s1. The van der Waals surface area contributed by atoms with Crippen molar-refractivity contribution >= 4 is 22.5 Å². The Kier molecular flexibility index (Phi) is 5.14. The van der Waals surface area contributed by atoms with Gasteiger partial charge in [0.15, 0.2) is 0 Å². The lowest BCUT2D eigenvalue weighted by Crippen LogP contribution is -2.33. The van der Waals surface area contributed by atoms with Crippen LogP contribution in [0.5, 0.6) is 5.75 Å². The highest BCUT2D eigenvalue weighted by molar-refractivity contribution is 6.08. The molecule has 0 fully saturated rings. The number of anilines is 1. The van der Waals surface area contributed by atoms with Crippen LogP contribution in [0.1, 0.15) is 53.7 Å². The first-order valence-corrected chi connectivity index (χ1v) is 10.1. The highest BCUT2D eigenvalue weighted by atomic mass is 16.5. The highest BCUT2D eigenvalue weighted by Gasteiger charge is 2.25. The van der Waals surface area contributed by atoms with Crippen molar-refractivity contribution < 1.29 is 9.53 Å². The molecule has 0 spiro atoms. The summed E-state index contributed by atoms with van der Waals surface area (Å²) in [7, 11) is 3.94. The molecule has 0 radical (unpaired) electrons. The molecule has 0 aliphatic carbocycles. The third-order valence-electron chi connectivity index (χ3n) is 5.48. The van der Waals surface area contributed by atoms with Gasteiger partial charge in [0.2, 0.25) is 0 Å². The number of hydrogen-bond donors (Lipinski definition) is 1. The van der Waals surface area contributed by atoms with Gasteiger partial charge in [0.1, 0.15) is 5.75 Å².